The molecule has 0 aliphatic carbocycles. The Morgan fingerprint density at radius 2 is 2.25 bits per heavy atom. The van der Waals surface area contributed by atoms with Gasteiger partial charge < -0.3 is 14.9 Å². The van der Waals surface area contributed by atoms with Crippen molar-refractivity contribution in [1.82, 2.24) is 19.5 Å². The summed E-state index contributed by atoms with van der Waals surface area (Å²) in [5.41, 5.74) is -1.49. The highest BCUT2D eigenvalue weighted by atomic mass is 35.5. The number of ether oxygens (including phenoxy) is 1. The summed E-state index contributed by atoms with van der Waals surface area (Å²) in [5.74, 6) is 0. The molecule has 0 radical (unpaired) electrons. The van der Waals surface area contributed by atoms with Crippen LogP contribution in [0.4, 0.5) is 4.39 Å². The molecule has 0 saturated carbocycles. The smallest absolute Gasteiger partial charge is 0.181 e. The highest BCUT2D eigenvalue weighted by Gasteiger charge is 2.55. The number of halogens is 2. The van der Waals surface area contributed by atoms with Crippen LogP contribution in [0, 0.1) is 0 Å². The van der Waals surface area contributed by atoms with Crippen LogP contribution in [0.5, 0.6) is 0 Å². The van der Waals surface area contributed by atoms with Gasteiger partial charge in [0.1, 0.15) is 24.1 Å². The lowest BCUT2D eigenvalue weighted by Gasteiger charge is -2.24. The number of fused-ring (bicyclic) bond motifs is 1. The van der Waals surface area contributed by atoms with Gasteiger partial charge in [0.15, 0.2) is 22.7 Å². The fourth-order valence-electron chi connectivity index (χ4n) is 2.36. The van der Waals surface area contributed by atoms with Gasteiger partial charge in [0, 0.05) is 0 Å². The fourth-order valence-corrected chi connectivity index (χ4v) is 2.53. The largest absolute Gasteiger partial charge is 0.394 e. The number of aliphatic hydroxyl groups is 2. The van der Waals surface area contributed by atoms with Crippen LogP contribution in [-0.4, -0.2) is 54.2 Å². The summed E-state index contributed by atoms with van der Waals surface area (Å²) in [4.78, 5) is 11.8. The summed E-state index contributed by atoms with van der Waals surface area (Å²) >= 11 is 5.88. The van der Waals surface area contributed by atoms with E-state index in [9.17, 15) is 9.50 Å². The average molecular weight is 303 g/mol. The highest BCUT2D eigenvalue weighted by molar-refractivity contribution is 6.33. The Kier molecular flexibility index (Phi) is 3.13. The number of imidazole rings is 1. The molecular weight excluding hydrogens is 291 g/mol. The van der Waals surface area contributed by atoms with E-state index in [-0.39, 0.29) is 5.15 Å². The van der Waals surface area contributed by atoms with E-state index < -0.39 is 30.7 Å². The molecule has 20 heavy (non-hydrogen) atoms. The summed E-state index contributed by atoms with van der Waals surface area (Å²) in [6.07, 6.45) is -1.07. The van der Waals surface area contributed by atoms with Crippen molar-refractivity contribution in [3.63, 3.8) is 0 Å². The minimum atomic E-state index is -2.10. The molecule has 3 rings (SSSR count). The van der Waals surface area contributed by atoms with Crippen LogP contribution >= 0.6 is 11.6 Å². The first-order valence-electron chi connectivity index (χ1n) is 5.93. The fraction of sp³-hybridized carbons (Fsp3) is 0.545. The van der Waals surface area contributed by atoms with Gasteiger partial charge in [-0.1, -0.05) is 11.6 Å². The lowest BCUT2D eigenvalue weighted by molar-refractivity contribution is -0.0566. The second-order valence-corrected chi connectivity index (χ2v) is 5.15. The molecule has 1 fully saturated rings. The third kappa shape index (κ3) is 1.80. The third-order valence-corrected chi connectivity index (χ3v) is 3.74. The van der Waals surface area contributed by atoms with Gasteiger partial charge >= 0.3 is 0 Å². The SMILES string of the molecule is CC1(F)[C@@H](O)[C@@H](CO)O[C@H]1n1cnc2c(Cl)ncnc21. The van der Waals surface area contributed by atoms with Gasteiger partial charge in [-0.15, -0.1) is 0 Å². The first-order chi connectivity index (χ1) is 9.46. The molecule has 1 unspecified atom stereocenters. The summed E-state index contributed by atoms with van der Waals surface area (Å²) in [6, 6.07) is 0. The van der Waals surface area contributed by atoms with E-state index in [2.05, 4.69) is 15.0 Å². The molecule has 2 aromatic heterocycles. The lowest BCUT2D eigenvalue weighted by atomic mass is 9.99. The topological polar surface area (TPSA) is 93.3 Å². The first kappa shape index (κ1) is 13.6. The number of hydrogen-bond donors (Lipinski definition) is 2. The van der Waals surface area contributed by atoms with Crippen molar-refractivity contribution < 1.29 is 19.3 Å². The lowest BCUT2D eigenvalue weighted by Crippen LogP contribution is -2.40. The van der Waals surface area contributed by atoms with Crippen LogP contribution in [0.25, 0.3) is 11.2 Å². The predicted octanol–water partition coefficient (Wildman–Crippen LogP) is 0.458. The maximum absolute atomic E-state index is 14.7. The monoisotopic (exact) mass is 302 g/mol. The van der Waals surface area contributed by atoms with E-state index in [1.165, 1.54) is 24.1 Å². The van der Waals surface area contributed by atoms with Crippen LogP contribution < -0.4 is 0 Å². The van der Waals surface area contributed by atoms with E-state index in [0.717, 1.165) is 0 Å². The second kappa shape index (κ2) is 4.59. The molecule has 3 heterocycles. The van der Waals surface area contributed by atoms with Crippen LogP contribution in [0.1, 0.15) is 13.2 Å². The maximum atomic E-state index is 14.7. The molecule has 0 aromatic carbocycles. The van der Waals surface area contributed by atoms with Gasteiger partial charge in [-0.2, -0.15) is 0 Å². The van der Waals surface area contributed by atoms with Gasteiger partial charge in [0.25, 0.3) is 0 Å². The van der Waals surface area contributed by atoms with E-state index in [4.69, 9.17) is 21.4 Å². The van der Waals surface area contributed by atoms with Gasteiger partial charge in [-0.05, 0) is 6.92 Å². The van der Waals surface area contributed by atoms with Crippen LogP contribution in [0.15, 0.2) is 12.7 Å². The van der Waals surface area contributed by atoms with Gasteiger partial charge in [0.2, 0.25) is 0 Å². The van der Waals surface area contributed by atoms with E-state index >= 15 is 0 Å². The van der Waals surface area contributed by atoms with Gasteiger partial charge in [-0.25, -0.2) is 19.3 Å². The summed E-state index contributed by atoms with van der Waals surface area (Å²) < 4.78 is 21.4. The van der Waals surface area contributed by atoms with Crippen LogP contribution in [0.2, 0.25) is 5.15 Å². The molecule has 4 atom stereocenters. The predicted molar refractivity (Wildman–Crippen MR) is 66.8 cm³/mol. The molecule has 0 bridgehead atoms. The van der Waals surface area contributed by atoms with Crippen LogP contribution in [0.3, 0.4) is 0 Å². The molecule has 1 aliphatic rings. The molecule has 0 amide bonds. The Labute approximate surface area is 118 Å². The quantitative estimate of drug-likeness (QED) is 0.783. The van der Waals surface area contributed by atoms with E-state index in [1.807, 2.05) is 0 Å². The number of hydrogen-bond acceptors (Lipinski definition) is 6. The molecule has 1 aliphatic heterocycles. The van der Waals surface area contributed by atoms with Crippen molar-refractivity contribution in [2.45, 2.75) is 31.0 Å². The van der Waals surface area contributed by atoms with Crippen LogP contribution in [-0.2, 0) is 4.74 Å². The van der Waals surface area contributed by atoms with Crippen molar-refractivity contribution in [1.29, 1.82) is 0 Å². The summed E-state index contributed by atoms with van der Waals surface area (Å²) in [6.45, 7) is 0.714. The highest BCUT2D eigenvalue weighted by Crippen LogP contribution is 2.42. The minimum Gasteiger partial charge on any atom is -0.394 e. The zero-order valence-electron chi connectivity index (χ0n) is 10.4. The Bertz CT molecular complexity index is 650. The molecule has 9 heteroatoms. The van der Waals surface area contributed by atoms with Crippen molar-refractivity contribution >= 4 is 22.8 Å². The van der Waals surface area contributed by atoms with E-state index in [1.54, 1.807) is 0 Å². The molecule has 7 nitrogen and oxygen atoms in total. The maximum Gasteiger partial charge on any atom is 0.181 e. The number of nitrogens with zero attached hydrogens (tertiary/aromatic N) is 4. The average Bonchev–Trinajstić information content (AvgIpc) is 2.92. The number of aliphatic hydroxyl groups excluding tert-OH is 2. The zero-order chi connectivity index (χ0) is 14.5. The van der Waals surface area contributed by atoms with E-state index in [0.29, 0.717) is 11.2 Å². The Morgan fingerprint density at radius 1 is 1.50 bits per heavy atom. The normalized spacial score (nSPS) is 34.0. The summed E-state index contributed by atoms with van der Waals surface area (Å²) in [5, 5.41) is 19.1. The summed E-state index contributed by atoms with van der Waals surface area (Å²) in [7, 11) is 0. The molecule has 2 aromatic rings. The number of aromatic nitrogens is 4. The Balaban J connectivity index is 2.10. The first-order valence-corrected chi connectivity index (χ1v) is 6.31. The molecule has 1 saturated heterocycles. The van der Waals surface area contributed by atoms with Crippen molar-refractivity contribution in [3.05, 3.63) is 17.8 Å². The van der Waals surface area contributed by atoms with Gasteiger partial charge in [-0.3, -0.25) is 4.57 Å². The zero-order valence-corrected chi connectivity index (χ0v) is 11.2. The van der Waals surface area contributed by atoms with Gasteiger partial charge in [0.05, 0.1) is 12.9 Å². The van der Waals surface area contributed by atoms with Crippen molar-refractivity contribution in [2.24, 2.45) is 0 Å². The van der Waals surface area contributed by atoms with Crippen molar-refractivity contribution in [2.75, 3.05) is 6.61 Å². The second-order valence-electron chi connectivity index (χ2n) is 4.79. The molecule has 108 valence electrons. The standard InChI is InChI=1S/C11H12ClFN4O3/c1-11(13)7(19)5(2-18)20-10(11)17-4-16-6-8(12)14-3-15-9(6)17/h3-5,7,10,18-19H,2H2,1H3/t5-,7+,10-,11?/m1/s1. The number of alkyl halides is 1. The van der Waals surface area contributed by atoms with Crippen molar-refractivity contribution in [3.8, 4) is 0 Å². The Morgan fingerprint density at radius 3 is 2.90 bits per heavy atom. The third-order valence-electron chi connectivity index (χ3n) is 3.46. The molecule has 0 spiro atoms. The minimum absolute atomic E-state index is 0.145. The number of rotatable bonds is 2. The molecular formula is C11H12ClFN4O3. The Hall–Kier alpha value is -1.35. The molecule has 2 N–H and O–H groups in total.